The molecule has 2 rings (SSSR count). The monoisotopic (exact) mass is 233 g/mol. The molecule has 0 saturated heterocycles. The third-order valence-corrected chi connectivity index (χ3v) is 2.99. The fraction of sp³-hybridized carbons (Fsp3) is 0.385. The number of hydrogen-bond acceptors (Lipinski definition) is 3. The van der Waals surface area contributed by atoms with Crippen molar-refractivity contribution in [1.82, 2.24) is 10.3 Å². The van der Waals surface area contributed by atoms with Crippen molar-refractivity contribution in [2.75, 3.05) is 6.54 Å². The van der Waals surface area contributed by atoms with Crippen molar-refractivity contribution < 1.29 is 5.11 Å². The second-order valence-electron chi connectivity index (χ2n) is 4.33. The van der Waals surface area contributed by atoms with E-state index >= 15 is 0 Å². The van der Waals surface area contributed by atoms with Crippen LogP contribution in [0.25, 0.3) is 10.9 Å². The molecule has 4 nitrogen and oxygen atoms in total. The number of nitrogens with two attached hydrogens (primary N) is 1. The van der Waals surface area contributed by atoms with E-state index in [9.17, 15) is 5.11 Å². The summed E-state index contributed by atoms with van der Waals surface area (Å²) < 4.78 is 0. The molecule has 0 bridgehead atoms. The van der Waals surface area contributed by atoms with Crippen molar-refractivity contribution in [3.8, 4) is 5.75 Å². The summed E-state index contributed by atoms with van der Waals surface area (Å²) in [4.78, 5) is 3.27. The van der Waals surface area contributed by atoms with Gasteiger partial charge in [0.05, 0.1) is 6.17 Å². The molecule has 2 aromatic rings. The summed E-state index contributed by atoms with van der Waals surface area (Å²) in [7, 11) is 0. The van der Waals surface area contributed by atoms with E-state index in [4.69, 9.17) is 5.73 Å². The van der Waals surface area contributed by atoms with Gasteiger partial charge < -0.3 is 21.1 Å². The number of hydrogen-bond donors (Lipinski definition) is 4. The van der Waals surface area contributed by atoms with Gasteiger partial charge in [-0.2, -0.15) is 0 Å². The Morgan fingerprint density at radius 1 is 1.47 bits per heavy atom. The van der Waals surface area contributed by atoms with Crippen LogP contribution in [0.3, 0.4) is 0 Å². The van der Waals surface area contributed by atoms with Crippen molar-refractivity contribution in [1.29, 1.82) is 0 Å². The Hall–Kier alpha value is -1.52. The molecular weight excluding hydrogens is 214 g/mol. The maximum absolute atomic E-state index is 9.44. The van der Waals surface area contributed by atoms with Gasteiger partial charge in [-0.3, -0.25) is 0 Å². The summed E-state index contributed by atoms with van der Waals surface area (Å²) in [6, 6.07) is 5.38. The van der Waals surface area contributed by atoms with Crippen molar-refractivity contribution in [3.05, 3.63) is 29.5 Å². The smallest absolute Gasteiger partial charge is 0.117 e. The van der Waals surface area contributed by atoms with Crippen LogP contribution in [0.5, 0.6) is 5.75 Å². The van der Waals surface area contributed by atoms with Crippen LogP contribution in [0.1, 0.15) is 18.2 Å². The number of phenols is 1. The summed E-state index contributed by atoms with van der Waals surface area (Å²) in [5, 5.41) is 13.8. The van der Waals surface area contributed by atoms with Crippen LogP contribution in [0.15, 0.2) is 18.2 Å². The highest BCUT2D eigenvalue weighted by Gasteiger charge is 2.11. The molecular formula is C13H19N3O. The molecule has 0 aliphatic heterocycles. The number of aryl methyl sites for hydroxylation is 1. The zero-order valence-electron chi connectivity index (χ0n) is 10.2. The van der Waals surface area contributed by atoms with Crippen molar-refractivity contribution in [2.24, 2.45) is 5.73 Å². The minimum Gasteiger partial charge on any atom is -0.508 e. The minimum atomic E-state index is -0.0356. The van der Waals surface area contributed by atoms with Gasteiger partial charge in [-0.15, -0.1) is 0 Å². The molecule has 1 aromatic heterocycles. The summed E-state index contributed by atoms with van der Waals surface area (Å²) in [5.41, 5.74) is 9.28. The first kappa shape index (κ1) is 12.0. The third-order valence-electron chi connectivity index (χ3n) is 2.99. The lowest BCUT2D eigenvalue weighted by Crippen LogP contribution is -2.39. The van der Waals surface area contributed by atoms with Crippen LogP contribution in [-0.4, -0.2) is 22.8 Å². The largest absolute Gasteiger partial charge is 0.508 e. The van der Waals surface area contributed by atoms with Crippen LogP contribution in [0, 0.1) is 6.92 Å². The second-order valence-corrected chi connectivity index (χ2v) is 4.33. The Labute approximate surface area is 101 Å². The molecule has 0 aliphatic carbocycles. The number of rotatable bonds is 4. The lowest BCUT2D eigenvalue weighted by Gasteiger charge is -2.12. The first-order chi connectivity index (χ1) is 8.11. The van der Waals surface area contributed by atoms with Gasteiger partial charge >= 0.3 is 0 Å². The molecule has 0 saturated carbocycles. The van der Waals surface area contributed by atoms with Gasteiger partial charge in [0.1, 0.15) is 5.75 Å². The topological polar surface area (TPSA) is 74.1 Å². The number of aromatic amines is 1. The van der Waals surface area contributed by atoms with Crippen molar-refractivity contribution in [3.63, 3.8) is 0 Å². The molecule has 0 aliphatic rings. The maximum Gasteiger partial charge on any atom is 0.117 e. The fourth-order valence-corrected chi connectivity index (χ4v) is 2.20. The minimum absolute atomic E-state index is 0.0356. The number of H-pyrrole nitrogens is 1. The molecule has 1 atom stereocenters. The van der Waals surface area contributed by atoms with Gasteiger partial charge in [-0.1, -0.05) is 6.92 Å². The molecule has 92 valence electrons. The van der Waals surface area contributed by atoms with Crippen LogP contribution in [-0.2, 0) is 6.42 Å². The molecule has 4 heteroatoms. The first-order valence-corrected chi connectivity index (χ1v) is 5.91. The summed E-state index contributed by atoms with van der Waals surface area (Å²) >= 11 is 0. The van der Waals surface area contributed by atoms with Gasteiger partial charge in [0.15, 0.2) is 0 Å². The average Bonchev–Trinajstić information content (AvgIpc) is 2.55. The highest BCUT2D eigenvalue weighted by Crippen LogP contribution is 2.26. The third kappa shape index (κ3) is 2.43. The van der Waals surface area contributed by atoms with Crippen molar-refractivity contribution in [2.45, 2.75) is 26.4 Å². The predicted molar refractivity (Wildman–Crippen MR) is 70.1 cm³/mol. The van der Waals surface area contributed by atoms with Crippen LogP contribution in [0.2, 0.25) is 0 Å². The standard InChI is InChI=1S/C13H19N3O/c1-3-15-13(14)7-11-8(2)16-12-6-9(17)4-5-10(11)12/h4-6,13,15-17H,3,7,14H2,1-2H3. The molecule has 5 N–H and O–H groups in total. The number of aromatic hydroxyl groups is 1. The fourth-order valence-electron chi connectivity index (χ4n) is 2.20. The van der Waals surface area contributed by atoms with Crippen LogP contribution < -0.4 is 11.1 Å². The van der Waals surface area contributed by atoms with Crippen molar-refractivity contribution >= 4 is 10.9 Å². The average molecular weight is 233 g/mol. The Balaban J connectivity index is 2.36. The van der Waals surface area contributed by atoms with E-state index in [1.54, 1.807) is 12.1 Å². The molecule has 1 heterocycles. The lowest BCUT2D eigenvalue weighted by atomic mass is 10.1. The molecule has 17 heavy (non-hydrogen) atoms. The second kappa shape index (κ2) is 4.77. The highest BCUT2D eigenvalue weighted by atomic mass is 16.3. The van der Waals surface area contributed by atoms with E-state index < -0.39 is 0 Å². The van der Waals surface area contributed by atoms with Gasteiger partial charge in [0, 0.05) is 29.1 Å². The highest BCUT2D eigenvalue weighted by molar-refractivity contribution is 5.85. The van der Waals surface area contributed by atoms with E-state index in [2.05, 4.69) is 10.3 Å². The van der Waals surface area contributed by atoms with E-state index in [0.717, 1.165) is 29.6 Å². The zero-order valence-corrected chi connectivity index (χ0v) is 10.2. The number of benzene rings is 1. The molecule has 1 unspecified atom stereocenters. The maximum atomic E-state index is 9.44. The Morgan fingerprint density at radius 2 is 2.24 bits per heavy atom. The van der Waals surface area contributed by atoms with E-state index in [0.29, 0.717) is 0 Å². The normalized spacial score (nSPS) is 13.1. The number of nitrogens with one attached hydrogen (secondary N) is 2. The molecule has 1 aromatic carbocycles. The Kier molecular flexibility index (Phi) is 3.36. The number of likely N-dealkylation sites (N-methyl/N-ethyl adjacent to an activating group) is 1. The molecule has 0 spiro atoms. The van der Waals surface area contributed by atoms with Gasteiger partial charge in [-0.25, -0.2) is 0 Å². The molecule has 0 fully saturated rings. The lowest BCUT2D eigenvalue weighted by molar-refractivity contribution is 0.476. The predicted octanol–water partition coefficient (Wildman–Crippen LogP) is 1.62. The molecule has 0 amide bonds. The number of phenolic OH excluding ortho intramolecular Hbond substituents is 1. The van der Waals surface area contributed by atoms with Gasteiger partial charge in [0.25, 0.3) is 0 Å². The van der Waals surface area contributed by atoms with Crippen LogP contribution >= 0.6 is 0 Å². The van der Waals surface area contributed by atoms with E-state index in [1.165, 1.54) is 5.56 Å². The molecule has 0 radical (unpaired) electrons. The van der Waals surface area contributed by atoms with Gasteiger partial charge in [-0.05, 0) is 31.2 Å². The SMILES string of the molecule is CCNC(N)Cc1c(C)[nH]c2cc(O)ccc12. The Morgan fingerprint density at radius 3 is 2.94 bits per heavy atom. The van der Waals surface area contributed by atoms with E-state index in [1.807, 2.05) is 19.9 Å². The summed E-state index contributed by atoms with van der Waals surface area (Å²) in [6.07, 6.45) is 0.747. The van der Waals surface area contributed by atoms with E-state index in [-0.39, 0.29) is 11.9 Å². The quantitative estimate of drug-likeness (QED) is 0.606. The summed E-state index contributed by atoms with van der Waals surface area (Å²) in [5.74, 6) is 0.279. The zero-order chi connectivity index (χ0) is 12.4. The van der Waals surface area contributed by atoms with Crippen LogP contribution in [0.4, 0.5) is 0 Å². The number of fused-ring (bicyclic) bond motifs is 1. The van der Waals surface area contributed by atoms with Gasteiger partial charge in [0.2, 0.25) is 0 Å². The summed E-state index contributed by atoms with van der Waals surface area (Å²) in [6.45, 7) is 4.94. The Bertz CT molecular complexity index is 519. The first-order valence-electron chi connectivity index (χ1n) is 5.91. The number of aromatic nitrogens is 1.